The molecule has 2 atom stereocenters. The van der Waals surface area contributed by atoms with Crippen LogP contribution in [0.1, 0.15) is 36.2 Å². The largest absolute Gasteiger partial charge is 0.452 e. The number of ether oxygens (including phenoxy) is 1. The maximum absolute atomic E-state index is 12.9. The third kappa shape index (κ3) is 5.68. The molecular weight excluding hydrogens is 452 g/mol. The Balaban J connectivity index is 1.60. The summed E-state index contributed by atoms with van der Waals surface area (Å²) in [7, 11) is -3.63. The number of nitrogens with zero attached hydrogens (tertiary/aromatic N) is 1. The van der Waals surface area contributed by atoms with Gasteiger partial charge in [0.2, 0.25) is 10.0 Å². The highest BCUT2D eigenvalue weighted by Crippen LogP contribution is 2.27. The molecule has 9 heteroatoms. The summed E-state index contributed by atoms with van der Waals surface area (Å²) >= 11 is 6.03. The van der Waals surface area contributed by atoms with Gasteiger partial charge >= 0.3 is 5.97 Å². The monoisotopic (exact) mass is 478 g/mol. The van der Waals surface area contributed by atoms with Gasteiger partial charge in [-0.1, -0.05) is 31.5 Å². The molecule has 1 heterocycles. The van der Waals surface area contributed by atoms with Crippen molar-refractivity contribution in [1.29, 1.82) is 0 Å². The molecule has 1 amide bonds. The Morgan fingerprint density at radius 2 is 1.72 bits per heavy atom. The average molecular weight is 479 g/mol. The molecule has 172 valence electrons. The molecule has 2 unspecified atom stereocenters. The van der Waals surface area contributed by atoms with Crippen molar-refractivity contribution in [2.24, 2.45) is 11.8 Å². The third-order valence-corrected chi connectivity index (χ3v) is 7.69. The fraction of sp³-hybridized carbons (Fsp3) is 0.391. The number of benzene rings is 2. The number of nitrogens with one attached hydrogen (secondary N) is 1. The predicted octanol–water partition coefficient (Wildman–Crippen LogP) is 4.11. The number of piperidine rings is 1. The van der Waals surface area contributed by atoms with Gasteiger partial charge in [-0.3, -0.25) is 4.79 Å². The number of hydrogen-bond donors (Lipinski definition) is 1. The minimum absolute atomic E-state index is 0.129. The number of carbonyl (C=O) groups is 2. The zero-order valence-corrected chi connectivity index (χ0v) is 19.9. The lowest BCUT2D eigenvalue weighted by Crippen LogP contribution is -2.42. The molecule has 0 spiro atoms. The standard InChI is InChI=1S/C23H27ClN2O5S/c1-15-11-16(2)13-26(12-15)32(29,30)19-9-7-18(8-10-19)23(28)31-14-22(27)25-21-6-4-5-20(24)17(21)3/h4-10,15-16H,11-14H2,1-3H3,(H,25,27). The molecule has 32 heavy (non-hydrogen) atoms. The second kappa shape index (κ2) is 10.0. The normalized spacial score (nSPS) is 19.4. The van der Waals surface area contributed by atoms with Crippen LogP contribution >= 0.6 is 11.6 Å². The highest BCUT2D eigenvalue weighted by molar-refractivity contribution is 7.89. The van der Waals surface area contributed by atoms with Gasteiger partial charge in [0.05, 0.1) is 10.5 Å². The maximum Gasteiger partial charge on any atom is 0.338 e. The van der Waals surface area contributed by atoms with Gasteiger partial charge in [-0.25, -0.2) is 13.2 Å². The summed E-state index contributed by atoms with van der Waals surface area (Å²) < 4.78 is 32.5. The van der Waals surface area contributed by atoms with Crippen LogP contribution in [-0.2, 0) is 19.6 Å². The molecule has 2 aromatic rings. The van der Waals surface area contributed by atoms with Gasteiger partial charge in [-0.15, -0.1) is 0 Å². The molecule has 0 bridgehead atoms. The van der Waals surface area contributed by atoms with Crippen molar-refractivity contribution < 1.29 is 22.7 Å². The molecule has 1 saturated heterocycles. The van der Waals surface area contributed by atoms with E-state index in [1.54, 1.807) is 25.1 Å². The van der Waals surface area contributed by atoms with Crippen LogP contribution in [0.25, 0.3) is 0 Å². The molecule has 1 N–H and O–H groups in total. The van der Waals surface area contributed by atoms with Gasteiger partial charge in [0.25, 0.3) is 5.91 Å². The van der Waals surface area contributed by atoms with Gasteiger partial charge < -0.3 is 10.1 Å². The van der Waals surface area contributed by atoms with E-state index in [2.05, 4.69) is 5.32 Å². The third-order valence-electron chi connectivity index (χ3n) is 5.44. The van der Waals surface area contributed by atoms with Gasteiger partial charge in [0.15, 0.2) is 6.61 Å². The topological polar surface area (TPSA) is 92.8 Å². The molecule has 2 aromatic carbocycles. The van der Waals surface area contributed by atoms with Crippen LogP contribution in [0.15, 0.2) is 47.4 Å². The van der Waals surface area contributed by atoms with E-state index in [1.807, 2.05) is 13.8 Å². The first-order valence-corrected chi connectivity index (χ1v) is 12.2. The van der Waals surface area contributed by atoms with Crippen LogP contribution in [0.2, 0.25) is 5.02 Å². The summed E-state index contributed by atoms with van der Waals surface area (Å²) in [6.45, 7) is 6.34. The SMILES string of the molecule is Cc1c(Cl)cccc1NC(=O)COC(=O)c1ccc(S(=O)(=O)N2CC(C)CC(C)C2)cc1. The van der Waals surface area contributed by atoms with E-state index in [4.69, 9.17) is 16.3 Å². The van der Waals surface area contributed by atoms with E-state index in [-0.39, 0.29) is 10.5 Å². The highest BCUT2D eigenvalue weighted by Gasteiger charge is 2.31. The molecule has 0 radical (unpaired) electrons. The van der Waals surface area contributed by atoms with Crippen molar-refractivity contribution in [1.82, 2.24) is 4.31 Å². The Morgan fingerprint density at radius 3 is 2.34 bits per heavy atom. The van der Waals surface area contributed by atoms with E-state index in [1.165, 1.54) is 28.6 Å². The van der Waals surface area contributed by atoms with Crippen LogP contribution in [0.3, 0.4) is 0 Å². The van der Waals surface area contributed by atoms with Crippen molar-refractivity contribution in [2.75, 3.05) is 25.0 Å². The van der Waals surface area contributed by atoms with Crippen molar-refractivity contribution in [3.8, 4) is 0 Å². The summed E-state index contributed by atoms with van der Waals surface area (Å²) in [6.07, 6.45) is 1.00. The van der Waals surface area contributed by atoms with Gasteiger partial charge in [-0.2, -0.15) is 4.31 Å². The number of esters is 1. The first kappa shape index (κ1) is 24.2. The quantitative estimate of drug-likeness (QED) is 0.630. The van der Waals surface area contributed by atoms with E-state index in [0.717, 1.165) is 6.42 Å². The van der Waals surface area contributed by atoms with E-state index >= 15 is 0 Å². The summed E-state index contributed by atoms with van der Waals surface area (Å²) in [5.74, 6) is -0.627. The Labute approximate surface area is 193 Å². The molecule has 3 rings (SSSR count). The minimum atomic E-state index is -3.63. The molecule has 1 fully saturated rings. The second-order valence-corrected chi connectivity index (χ2v) is 10.7. The number of carbonyl (C=O) groups excluding carboxylic acids is 2. The van der Waals surface area contributed by atoms with Crippen LogP contribution in [0.4, 0.5) is 5.69 Å². The van der Waals surface area contributed by atoms with E-state index in [9.17, 15) is 18.0 Å². The molecule has 1 aliphatic rings. The minimum Gasteiger partial charge on any atom is -0.452 e. The van der Waals surface area contributed by atoms with Gasteiger partial charge in [-0.05, 0) is 67.1 Å². The summed E-state index contributed by atoms with van der Waals surface area (Å²) in [5.41, 5.74) is 1.41. The maximum atomic E-state index is 12.9. The lowest BCUT2D eigenvalue weighted by molar-refractivity contribution is -0.119. The van der Waals surface area contributed by atoms with E-state index in [0.29, 0.717) is 41.2 Å². The predicted molar refractivity (Wildman–Crippen MR) is 123 cm³/mol. The Hall–Kier alpha value is -2.42. The molecular formula is C23H27ClN2O5S. The zero-order chi connectivity index (χ0) is 23.5. The molecule has 1 aliphatic heterocycles. The average Bonchev–Trinajstić information content (AvgIpc) is 2.74. The molecule has 0 aliphatic carbocycles. The smallest absolute Gasteiger partial charge is 0.338 e. The Morgan fingerprint density at radius 1 is 1.09 bits per heavy atom. The highest BCUT2D eigenvalue weighted by atomic mass is 35.5. The van der Waals surface area contributed by atoms with Crippen LogP contribution in [0, 0.1) is 18.8 Å². The Kier molecular flexibility index (Phi) is 7.59. The zero-order valence-electron chi connectivity index (χ0n) is 18.3. The number of amides is 1. The first-order chi connectivity index (χ1) is 15.1. The van der Waals surface area contributed by atoms with Crippen LogP contribution in [0.5, 0.6) is 0 Å². The number of halogens is 1. The van der Waals surface area contributed by atoms with Gasteiger partial charge in [0, 0.05) is 23.8 Å². The summed E-state index contributed by atoms with van der Waals surface area (Å²) in [6, 6.07) is 10.7. The van der Waals surface area contributed by atoms with Crippen molar-refractivity contribution in [3.05, 3.63) is 58.6 Å². The molecule has 0 aromatic heterocycles. The van der Waals surface area contributed by atoms with Crippen molar-refractivity contribution in [2.45, 2.75) is 32.1 Å². The lowest BCUT2D eigenvalue weighted by Gasteiger charge is -2.34. The first-order valence-electron chi connectivity index (χ1n) is 10.4. The summed E-state index contributed by atoms with van der Waals surface area (Å²) in [5, 5.41) is 3.16. The van der Waals surface area contributed by atoms with Crippen LogP contribution < -0.4 is 5.32 Å². The molecule has 7 nitrogen and oxygen atoms in total. The fourth-order valence-corrected chi connectivity index (χ4v) is 5.71. The fourth-order valence-electron chi connectivity index (χ4n) is 3.86. The van der Waals surface area contributed by atoms with Crippen molar-refractivity contribution in [3.63, 3.8) is 0 Å². The number of hydrogen-bond acceptors (Lipinski definition) is 5. The lowest BCUT2D eigenvalue weighted by atomic mass is 9.94. The van der Waals surface area contributed by atoms with Gasteiger partial charge in [0.1, 0.15) is 0 Å². The Bertz CT molecular complexity index is 1090. The molecule has 0 saturated carbocycles. The van der Waals surface area contributed by atoms with Crippen molar-refractivity contribution >= 4 is 39.2 Å². The summed E-state index contributed by atoms with van der Waals surface area (Å²) in [4.78, 5) is 24.5. The second-order valence-electron chi connectivity index (χ2n) is 8.33. The van der Waals surface area contributed by atoms with E-state index < -0.39 is 28.5 Å². The number of sulfonamides is 1. The van der Waals surface area contributed by atoms with Crippen LogP contribution in [-0.4, -0.2) is 44.3 Å². The number of rotatable bonds is 6. The number of anilines is 1.